The van der Waals surface area contributed by atoms with E-state index in [4.69, 9.17) is 9.26 Å². The number of amides is 1. The van der Waals surface area contributed by atoms with Gasteiger partial charge in [-0.25, -0.2) is 0 Å². The molecule has 6 heterocycles. The number of likely N-dealkylation sites (tertiary alicyclic amines) is 1. The summed E-state index contributed by atoms with van der Waals surface area (Å²) in [4.78, 5) is 23.6. The Kier molecular flexibility index (Phi) is 6.72. The van der Waals surface area contributed by atoms with E-state index in [1.54, 1.807) is 23.0 Å². The van der Waals surface area contributed by atoms with Crippen molar-refractivity contribution in [2.24, 2.45) is 5.92 Å². The molecule has 0 spiro atoms. The number of nitrogens with zero attached hydrogens (tertiary/aromatic N) is 8. The number of hydrogen-bond acceptors (Lipinski definition) is 10. The molecule has 0 aromatic carbocycles. The normalized spacial score (nSPS) is 17.4. The first kappa shape index (κ1) is 23.5. The van der Waals surface area contributed by atoms with E-state index in [-0.39, 0.29) is 12.5 Å². The molecule has 0 unspecified atom stereocenters. The van der Waals surface area contributed by atoms with Crippen molar-refractivity contribution in [3.05, 3.63) is 48.4 Å². The molecule has 2 aliphatic rings. The first-order valence-electron chi connectivity index (χ1n) is 12.8. The Morgan fingerprint density at radius 3 is 2.76 bits per heavy atom. The van der Waals surface area contributed by atoms with Crippen LogP contribution in [0.3, 0.4) is 0 Å². The number of pyridine rings is 1. The molecular weight excluding hydrogens is 474 g/mol. The van der Waals surface area contributed by atoms with Crippen LogP contribution in [0.5, 0.6) is 0 Å². The summed E-state index contributed by atoms with van der Waals surface area (Å²) in [5.41, 5.74) is 1.44. The summed E-state index contributed by atoms with van der Waals surface area (Å²) in [6.45, 7) is 3.12. The summed E-state index contributed by atoms with van der Waals surface area (Å²) in [7, 11) is 0. The van der Waals surface area contributed by atoms with E-state index < -0.39 is 0 Å². The molecule has 12 heteroatoms. The predicted molar refractivity (Wildman–Crippen MR) is 133 cm³/mol. The van der Waals surface area contributed by atoms with Crippen molar-refractivity contribution in [2.75, 3.05) is 38.2 Å². The lowest BCUT2D eigenvalue weighted by Gasteiger charge is -2.31. The van der Waals surface area contributed by atoms with Crippen molar-refractivity contribution in [3.63, 3.8) is 0 Å². The van der Waals surface area contributed by atoms with Gasteiger partial charge in [-0.15, -0.1) is 15.3 Å². The molecule has 1 N–H and O–H groups in total. The summed E-state index contributed by atoms with van der Waals surface area (Å²) < 4.78 is 12.6. The van der Waals surface area contributed by atoms with E-state index in [1.807, 2.05) is 23.1 Å². The third kappa shape index (κ3) is 5.29. The fourth-order valence-electron chi connectivity index (χ4n) is 4.94. The van der Waals surface area contributed by atoms with Crippen LogP contribution in [-0.4, -0.2) is 78.6 Å². The molecule has 12 nitrogen and oxygen atoms in total. The number of carbonyl (C=O) groups excluding carboxylic acids is 1. The molecule has 4 aromatic rings. The molecule has 0 saturated carbocycles. The number of fused-ring (bicyclic) bond motifs is 1. The first-order valence-corrected chi connectivity index (χ1v) is 12.8. The Labute approximate surface area is 213 Å². The molecule has 2 saturated heterocycles. The standard InChI is InChI=1S/C25H29N9O3/c35-23(16-27-20-3-4-21-29-30-25(34(21)31-20)19-2-1-9-26-15-19)33-10-5-17(6-11-33)14-22-28-24(32-37-22)18-7-12-36-13-8-18/h1-4,9,15,17-18H,5-8,10-14,16H2,(H,27,31). The van der Waals surface area contributed by atoms with Gasteiger partial charge in [0.05, 0.1) is 6.54 Å². The summed E-state index contributed by atoms with van der Waals surface area (Å²) in [5.74, 6) is 3.51. The monoisotopic (exact) mass is 503 g/mol. The van der Waals surface area contributed by atoms with Crippen molar-refractivity contribution in [1.82, 2.24) is 39.8 Å². The van der Waals surface area contributed by atoms with Gasteiger partial charge in [0.25, 0.3) is 0 Å². The van der Waals surface area contributed by atoms with Crippen LogP contribution >= 0.6 is 0 Å². The molecule has 2 fully saturated rings. The number of hydrogen-bond donors (Lipinski definition) is 1. The lowest BCUT2D eigenvalue weighted by molar-refractivity contribution is -0.130. The highest BCUT2D eigenvalue weighted by Gasteiger charge is 2.26. The number of anilines is 1. The van der Waals surface area contributed by atoms with E-state index in [0.717, 1.165) is 69.8 Å². The average molecular weight is 504 g/mol. The molecule has 192 valence electrons. The minimum Gasteiger partial charge on any atom is -0.381 e. The number of rotatable bonds is 7. The predicted octanol–water partition coefficient (Wildman–Crippen LogP) is 2.36. The molecule has 4 aromatic heterocycles. The van der Waals surface area contributed by atoms with Crippen LogP contribution in [-0.2, 0) is 16.0 Å². The molecule has 0 bridgehead atoms. The molecule has 37 heavy (non-hydrogen) atoms. The van der Waals surface area contributed by atoms with Crippen molar-refractivity contribution in [1.29, 1.82) is 0 Å². The van der Waals surface area contributed by atoms with E-state index in [9.17, 15) is 4.79 Å². The summed E-state index contributed by atoms with van der Waals surface area (Å²) >= 11 is 0. The van der Waals surface area contributed by atoms with Crippen molar-refractivity contribution in [2.45, 2.75) is 38.0 Å². The van der Waals surface area contributed by atoms with Crippen LogP contribution in [0.1, 0.15) is 43.3 Å². The molecule has 0 atom stereocenters. The number of aromatic nitrogens is 7. The molecule has 6 rings (SSSR count). The molecule has 0 radical (unpaired) electrons. The zero-order chi connectivity index (χ0) is 25.0. The van der Waals surface area contributed by atoms with E-state index in [1.165, 1.54) is 0 Å². The molecule has 2 aliphatic heterocycles. The minimum absolute atomic E-state index is 0.0520. The second-order valence-electron chi connectivity index (χ2n) is 9.57. The topological polar surface area (TPSA) is 136 Å². The third-order valence-corrected chi connectivity index (χ3v) is 7.10. The van der Waals surface area contributed by atoms with Gasteiger partial charge in [0.15, 0.2) is 17.3 Å². The van der Waals surface area contributed by atoms with Gasteiger partial charge in [0.2, 0.25) is 11.8 Å². The maximum Gasteiger partial charge on any atom is 0.241 e. The number of carbonyl (C=O) groups is 1. The summed E-state index contributed by atoms with van der Waals surface area (Å²) in [6.07, 6.45) is 7.91. The van der Waals surface area contributed by atoms with Crippen molar-refractivity contribution < 1.29 is 14.1 Å². The molecular formula is C25H29N9O3. The number of nitrogens with one attached hydrogen (secondary N) is 1. The Bertz CT molecular complexity index is 1340. The van der Waals surface area contributed by atoms with Gasteiger partial charge in [-0.3, -0.25) is 9.78 Å². The van der Waals surface area contributed by atoms with E-state index in [0.29, 0.717) is 35.0 Å². The SMILES string of the molecule is O=C(CNc1ccc2nnc(-c3cccnc3)n2n1)N1CCC(Cc2nc(C3CCOCC3)no2)CC1. The second-order valence-corrected chi connectivity index (χ2v) is 9.57. The maximum atomic E-state index is 12.9. The van der Waals surface area contributed by atoms with Crippen molar-refractivity contribution in [3.8, 4) is 11.4 Å². The maximum absolute atomic E-state index is 12.9. The Balaban J connectivity index is 1.00. The summed E-state index contributed by atoms with van der Waals surface area (Å²) in [5, 5.41) is 20.3. The van der Waals surface area contributed by atoms with Crippen LogP contribution in [0.15, 0.2) is 41.2 Å². The van der Waals surface area contributed by atoms with Crippen LogP contribution in [0.4, 0.5) is 5.82 Å². The highest BCUT2D eigenvalue weighted by molar-refractivity contribution is 5.80. The summed E-state index contributed by atoms with van der Waals surface area (Å²) in [6, 6.07) is 7.37. The van der Waals surface area contributed by atoms with Gasteiger partial charge in [0.1, 0.15) is 5.82 Å². The zero-order valence-corrected chi connectivity index (χ0v) is 20.5. The van der Waals surface area contributed by atoms with Gasteiger partial charge < -0.3 is 19.5 Å². The van der Waals surface area contributed by atoms with Gasteiger partial charge in [0, 0.05) is 56.6 Å². The second kappa shape index (κ2) is 10.6. The number of piperidine rings is 1. The fraction of sp³-hybridized carbons (Fsp3) is 0.480. The lowest BCUT2D eigenvalue weighted by atomic mass is 9.93. The smallest absolute Gasteiger partial charge is 0.241 e. The van der Waals surface area contributed by atoms with Crippen LogP contribution in [0.25, 0.3) is 17.0 Å². The highest BCUT2D eigenvalue weighted by Crippen LogP contribution is 2.26. The lowest BCUT2D eigenvalue weighted by Crippen LogP contribution is -2.41. The third-order valence-electron chi connectivity index (χ3n) is 7.10. The average Bonchev–Trinajstić information content (AvgIpc) is 3.60. The highest BCUT2D eigenvalue weighted by atomic mass is 16.5. The van der Waals surface area contributed by atoms with Gasteiger partial charge >= 0.3 is 0 Å². The minimum atomic E-state index is 0.0520. The van der Waals surface area contributed by atoms with Crippen LogP contribution in [0.2, 0.25) is 0 Å². The van der Waals surface area contributed by atoms with Crippen LogP contribution in [0, 0.1) is 5.92 Å². The van der Waals surface area contributed by atoms with E-state index in [2.05, 4.69) is 35.7 Å². The Morgan fingerprint density at radius 1 is 1.08 bits per heavy atom. The fourth-order valence-corrected chi connectivity index (χ4v) is 4.94. The largest absolute Gasteiger partial charge is 0.381 e. The molecule has 1 amide bonds. The Hall–Kier alpha value is -3.93. The van der Waals surface area contributed by atoms with Gasteiger partial charge in [-0.2, -0.15) is 9.50 Å². The van der Waals surface area contributed by atoms with Gasteiger partial charge in [-0.05, 0) is 55.9 Å². The quantitative estimate of drug-likeness (QED) is 0.400. The number of ether oxygens (including phenoxy) is 1. The Morgan fingerprint density at radius 2 is 1.95 bits per heavy atom. The van der Waals surface area contributed by atoms with Crippen molar-refractivity contribution >= 4 is 17.4 Å². The van der Waals surface area contributed by atoms with E-state index >= 15 is 0 Å². The first-order chi connectivity index (χ1) is 18.2. The zero-order valence-electron chi connectivity index (χ0n) is 20.5. The van der Waals surface area contributed by atoms with Crippen LogP contribution < -0.4 is 5.32 Å². The molecule has 0 aliphatic carbocycles. The van der Waals surface area contributed by atoms with Gasteiger partial charge in [-0.1, -0.05) is 5.16 Å².